The molecular weight excluding hydrogens is 258 g/mol. The van der Waals surface area contributed by atoms with Crippen LogP contribution >= 0.6 is 12.4 Å². The first-order valence-electron chi connectivity index (χ1n) is 7.82. The van der Waals surface area contributed by atoms with E-state index in [1.165, 1.54) is 58.4 Å². The Morgan fingerprint density at radius 3 is 2.42 bits per heavy atom. The summed E-state index contributed by atoms with van der Waals surface area (Å²) in [7, 11) is 2.34. The summed E-state index contributed by atoms with van der Waals surface area (Å²) in [5.74, 6) is 0.881. The van der Waals surface area contributed by atoms with Crippen LogP contribution < -0.4 is 5.32 Å². The molecule has 1 N–H and O–H groups in total. The lowest BCUT2D eigenvalue weighted by atomic mass is 9.96. The summed E-state index contributed by atoms with van der Waals surface area (Å²) in [6.07, 6.45) is 5.50. The summed E-state index contributed by atoms with van der Waals surface area (Å²) in [4.78, 5) is 5.25. The fraction of sp³-hybridized carbons (Fsp3) is 1.00. The molecule has 3 nitrogen and oxygen atoms in total. The average molecular weight is 290 g/mol. The van der Waals surface area contributed by atoms with Crippen LogP contribution in [0, 0.1) is 5.92 Å². The number of hydrogen-bond donors (Lipinski definition) is 1. The van der Waals surface area contributed by atoms with Crippen molar-refractivity contribution >= 4 is 12.4 Å². The highest BCUT2D eigenvalue weighted by molar-refractivity contribution is 5.85. The minimum Gasteiger partial charge on any atom is -0.316 e. The number of nitrogens with zero attached hydrogens (tertiary/aromatic N) is 2. The zero-order chi connectivity index (χ0) is 13.0. The van der Waals surface area contributed by atoms with Crippen LogP contribution in [0.3, 0.4) is 0 Å². The highest BCUT2D eigenvalue weighted by Crippen LogP contribution is 2.19. The summed E-state index contributed by atoms with van der Waals surface area (Å²) in [6, 6.07) is 1.54. The Morgan fingerprint density at radius 1 is 1.21 bits per heavy atom. The summed E-state index contributed by atoms with van der Waals surface area (Å²) in [5.41, 5.74) is 0. The number of hydrogen-bond acceptors (Lipinski definition) is 3. The van der Waals surface area contributed by atoms with Crippen LogP contribution in [0.25, 0.3) is 0 Å². The Labute approximate surface area is 125 Å². The second-order valence-electron chi connectivity index (χ2n) is 6.51. The van der Waals surface area contributed by atoms with Crippen molar-refractivity contribution in [3.05, 3.63) is 0 Å². The van der Waals surface area contributed by atoms with Crippen LogP contribution in [0.4, 0.5) is 0 Å². The summed E-state index contributed by atoms with van der Waals surface area (Å²) in [5, 5.41) is 3.53. The first-order valence-corrected chi connectivity index (χ1v) is 7.82. The lowest BCUT2D eigenvalue weighted by molar-refractivity contribution is 0.0949. The lowest BCUT2D eigenvalue weighted by Crippen LogP contribution is -2.47. The van der Waals surface area contributed by atoms with Gasteiger partial charge in [0, 0.05) is 18.6 Å². The smallest absolute Gasteiger partial charge is 0.0117 e. The second kappa shape index (κ2) is 8.46. The van der Waals surface area contributed by atoms with E-state index < -0.39 is 0 Å². The highest BCUT2D eigenvalue weighted by atomic mass is 35.5. The number of rotatable bonds is 4. The molecular formula is C15H32ClN3. The largest absolute Gasteiger partial charge is 0.316 e. The van der Waals surface area contributed by atoms with Crippen molar-refractivity contribution < 1.29 is 0 Å². The maximum atomic E-state index is 3.53. The Bertz CT molecular complexity index is 234. The quantitative estimate of drug-likeness (QED) is 0.856. The molecule has 114 valence electrons. The van der Waals surface area contributed by atoms with Gasteiger partial charge in [0.15, 0.2) is 0 Å². The number of likely N-dealkylation sites (tertiary alicyclic amines) is 1. The molecule has 2 heterocycles. The van der Waals surface area contributed by atoms with Gasteiger partial charge in [-0.15, -0.1) is 12.4 Å². The van der Waals surface area contributed by atoms with Crippen molar-refractivity contribution in [1.29, 1.82) is 0 Å². The maximum absolute atomic E-state index is 3.53. The van der Waals surface area contributed by atoms with E-state index in [1.54, 1.807) is 0 Å². The van der Waals surface area contributed by atoms with Gasteiger partial charge in [-0.05, 0) is 78.7 Å². The summed E-state index contributed by atoms with van der Waals surface area (Å²) in [6.45, 7) is 11.0. The SMILES string of the molecule is CC(C)N1CCC(N(C)CC2CCCNC2)CC1.Cl. The second-order valence-corrected chi connectivity index (χ2v) is 6.51. The van der Waals surface area contributed by atoms with E-state index in [-0.39, 0.29) is 12.4 Å². The Kier molecular flexibility index (Phi) is 7.66. The number of nitrogens with one attached hydrogen (secondary N) is 1. The third kappa shape index (κ3) is 5.22. The number of halogens is 1. The molecule has 2 saturated heterocycles. The molecule has 1 unspecified atom stereocenters. The van der Waals surface area contributed by atoms with E-state index in [4.69, 9.17) is 0 Å². The molecule has 0 bridgehead atoms. The Hall–Kier alpha value is 0.170. The average Bonchev–Trinajstić information content (AvgIpc) is 2.40. The van der Waals surface area contributed by atoms with Crippen molar-refractivity contribution in [2.24, 2.45) is 5.92 Å². The minimum atomic E-state index is 0. The van der Waals surface area contributed by atoms with E-state index in [9.17, 15) is 0 Å². The molecule has 0 spiro atoms. The molecule has 0 radical (unpaired) electrons. The van der Waals surface area contributed by atoms with Gasteiger partial charge in [-0.3, -0.25) is 0 Å². The molecule has 2 aliphatic heterocycles. The van der Waals surface area contributed by atoms with Crippen LogP contribution in [-0.4, -0.2) is 61.7 Å². The molecule has 1 atom stereocenters. The van der Waals surface area contributed by atoms with Gasteiger partial charge >= 0.3 is 0 Å². The monoisotopic (exact) mass is 289 g/mol. The summed E-state index contributed by atoms with van der Waals surface area (Å²) < 4.78 is 0. The molecule has 0 aromatic heterocycles. The number of piperidine rings is 2. The van der Waals surface area contributed by atoms with E-state index in [1.807, 2.05) is 0 Å². The molecule has 0 aromatic carbocycles. The van der Waals surface area contributed by atoms with Gasteiger partial charge in [0.25, 0.3) is 0 Å². The molecule has 19 heavy (non-hydrogen) atoms. The van der Waals surface area contributed by atoms with Gasteiger partial charge in [-0.1, -0.05) is 0 Å². The maximum Gasteiger partial charge on any atom is 0.0117 e. The minimum absolute atomic E-state index is 0. The van der Waals surface area contributed by atoms with Crippen LogP contribution in [-0.2, 0) is 0 Å². The van der Waals surface area contributed by atoms with Gasteiger partial charge in [0.2, 0.25) is 0 Å². The third-order valence-electron chi connectivity index (χ3n) is 4.80. The molecule has 0 aliphatic carbocycles. The molecule has 2 fully saturated rings. The fourth-order valence-corrected chi connectivity index (χ4v) is 3.48. The van der Waals surface area contributed by atoms with Crippen LogP contribution in [0.1, 0.15) is 39.5 Å². The normalized spacial score (nSPS) is 26.7. The standard InChI is InChI=1S/C15H31N3.ClH/c1-13(2)18-9-6-15(7-10-18)17(3)12-14-5-4-8-16-11-14;/h13-16H,4-12H2,1-3H3;1H. The van der Waals surface area contributed by atoms with Crippen LogP contribution in [0.15, 0.2) is 0 Å². The molecule has 0 saturated carbocycles. The molecule has 2 aliphatic rings. The van der Waals surface area contributed by atoms with E-state index in [2.05, 4.69) is 36.0 Å². The molecule has 0 aromatic rings. The van der Waals surface area contributed by atoms with Crippen LogP contribution in [0.2, 0.25) is 0 Å². The van der Waals surface area contributed by atoms with E-state index >= 15 is 0 Å². The van der Waals surface area contributed by atoms with Crippen molar-refractivity contribution in [1.82, 2.24) is 15.1 Å². The lowest BCUT2D eigenvalue weighted by Gasteiger charge is -2.40. The highest BCUT2D eigenvalue weighted by Gasteiger charge is 2.25. The summed E-state index contributed by atoms with van der Waals surface area (Å²) >= 11 is 0. The zero-order valence-electron chi connectivity index (χ0n) is 12.9. The van der Waals surface area contributed by atoms with Crippen LogP contribution in [0.5, 0.6) is 0 Å². The van der Waals surface area contributed by atoms with Gasteiger partial charge in [-0.2, -0.15) is 0 Å². The van der Waals surface area contributed by atoms with Gasteiger partial charge in [0.1, 0.15) is 0 Å². The van der Waals surface area contributed by atoms with E-state index in [0.717, 1.165) is 18.0 Å². The first-order chi connectivity index (χ1) is 8.66. The Morgan fingerprint density at radius 2 is 1.89 bits per heavy atom. The van der Waals surface area contributed by atoms with Crippen molar-refractivity contribution in [2.45, 2.75) is 51.6 Å². The van der Waals surface area contributed by atoms with Crippen molar-refractivity contribution in [3.8, 4) is 0 Å². The van der Waals surface area contributed by atoms with Gasteiger partial charge in [0.05, 0.1) is 0 Å². The topological polar surface area (TPSA) is 18.5 Å². The first kappa shape index (κ1) is 17.2. The molecule has 4 heteroatoms. The van der Waals surface area contributed by atoms with E-state index in [0.29, 0.717) is 0 Å². The fourth-order valence-electron chi connectivity index (χ4n) is 3.48. The van der Waals surface area contributed by atoms with Crippen molar-refractivity contribution in [2.75, 3.05) is 39.8 Å². The van der Waals surface area contributed by atoms with Gasteiger partial charge in [-0.25, -0.2) is 0 Å². The predicted molar refractivity (Wildman–Crippen MR) is 85.2 cm³/mol. The molecule has 2 rings (SSSR count). The third-order valence-corrected chi connectivity index (χ3v) is 4.80. The zero-order valence-corrected chi connectivity index (χ0v) is 13.7. The Balaban J connectivity index is 0.00000180. The molecule has 0 amide bonds. The van der Waals surface area contributed by atoms with Gasteiger partial charge < -0.3 is 15.1 Å². The predicted octanol–water partition coefficient (Wildman–Crippen LogP) is 2.21. The van der Waals surface area contributed by atoms with Crippen molar-refractivity contribution in [3.63, 3.8) is 0 Å².